The molecular formula is C31H44F2N4O2S. The number of allylic oxidation sites excluding steroid dienone is 1. The Morgan fingerprint density at radius 2 is 1.82 bits per heavy atom. The van der Waals surface area contributed by atoms with Crippen molar-refractivity contribution < 1.29 is 18.6 Å². The largest absolute Gasteiger partial charge is 0.490 e. The third-order valence-corrected chi connectivity index (χ3v) is 7.15. The summed E-state index contributed by atoms with van der Waals surface area (Å²) in [5.74, 6) is 0.203. The number of rotatable bonds is 11. The number of benzene rings is 2. The highest BCUT2D eigenvalue weighted by Crippen LogP contribution is 2.37. The van der Waals surface area contributed by atoms with Crippen LogP contribution < -0.4 is 10.1 Å². The van der Waals surface area contributed by atoms with Gasteiger partial charge in [0.15, 0.2) is 11.6 Å². The zero-order valence-electron chi connectivity index (χ0n) is 25.2. The molecular weight excluding hydrogens is 530 g/mol. The summed E-state index contributed by atoms with van der Waals surface area (Å²) in [5, 5.41) is 19.8. The summed E-state index contributed by atoms with van der Waals surface area (Å²) in [4.78, 5) is 4.60. The quantitative estimate of drug-likeness (QED) is 0.181. The van der Waals surface area contributed by atoms with Crippen LogP contribution in [0.1, 0.15) is 65.5 Å². The van der Waals surface area contributed by atoms with Gasteiger partial charge in [-0.05, 0) is 63.9 Å². The number of nitrogens with one attached hydrogen (secondary N) is 1. The van der Waals surface area contributed by atoms with E-state index in [1.807, 2.05) is 46.1 Å². The molecule has 3 rings (SSSR count). The molecule has 0 spiro atoms. The van der Waals surface area contributed by atoms with Gasteiger partial charge in [-0.2, -0.15) is 5.10 Å². The van der Waals surface area contributed by atoms with Gasteiger partial charge in [0.05, 0.1) is 28.6 Å². The number of thiazole rings is 1. The molecule has 3 aromatic rings. The van der Waals surface area contributed by atoms with Crippen LogP contribution in [0, 0.1) is 11.7 Å². The lowest BCUT2D eigenvalue weighted by Crippen LogP contribution is -2.19. The van der Waals surface area contributed by atoms with E-state index in [1.165, 1.54) is 6.07 Å². The molecule has 0 saturated heterocycles. The number of halogens is 2. The zero-order chi connectivity index (χ0) is 30.0. The standard InChI is InChI=1S/C27H34F2N4O2S.C4H10/c1-16(18(3)33(6)32-17(2)19(4)34)11-12-35-27-22(9-7-21(14-28)26(27)29)20-8-10-23-24(13-20)36-25(31-23)15-30-5;1-4(2)3/h7-10,13,19,30,34H,11-12,14-15H2,1-6H3;4H,1-3H3/b18-16+,32-17+;. The van der Waals surface area contributed by atoms with Crippen LogP contribution in [0.4, 0.5) is 8.78 Å². The third-order valence-electron chi connectivity index (χ3n) is 6.13. The average molecular weight is 575 g/mol. The Bertz CT molecular complexity index is 1320. The molecule has 2 N–H and O–H groups in total. The van der Waals surface area contributed by atoms with E-state index >= 15 is 4.39 Å². The van der Waals surface area contributed by atoms with Crippen LogP contribution in [0.15, 0.2) is 46.7 Å². The number of aromatic nitrogens is 1. The monoisotopic (exact) mass is 574 g/mol. The highest BCUT2D eigenvalue weighted by atomic mass is 32.1. The molecule has 0 amide bonds. The van der Waals surface area contributed by atoms with Crippen molar-refractivity contribution in [2.75, 3.05) is 20.7 Å². The molecule has 1 heterocycles. The second-order valence-corrected chi connectivity index (χ2v) is 11.6. The molecule has 0 fully saturated rings. The summed E-state index contributed by atoms with van der Waals surface area (Å²) in [5.41, 5.74) is 4.72. The Hall–Kier alpha value is -2.88. The molecule has 0 aliphatic carbocycles. The van der Waals surface area contributed by atoms with Gasteiger partial charge in [0.1, 0.15) is 11.7 Å². The molecule has 0 bridgehead atoms. The van der Waals surface area contributed by atoms with Crippen LogP contribution in [0.3, 0.4) is 0 Å². The van der Waals surface area contributed by atoms with Gasteiger partial charge in [-0.3, -0.25) is 5.01 Å². The first kappa shape index (κ1) is 33.3. The summed E-state index contributed by atoms with van der Waals surface area (Å²) in [6, 6.07) is 8.93. The van der Waals surface area contributed by atoms with Gasteiger partial charge in [-0.25, -0.2) is 13.8 Å². The Morgan fingerprint density at radius 3 is 2.42 bits per heavy atom. The van der Waals surface area contributed by atoms with E-state index in [4.69, 9.17) is 4.74 Å². The van der Waals surface area contributed by atoms with E-state index in [2.05, 4.69) is 36.2 Å². The molecule has 0 aliphatic rings. The van der Waals surface area contributed by atoms with Gasteiger partial charge in [-0.15, -0.1) is 11.3 Å². The Morgan fingerprint density at radius 1 is 1.15 bits per heavy atom. The molecule has 9 heteroatoms. The van der Waals surface area contributed by atoms with Gasteiger partial charge in [0.25, 0.3) is 0 Å². The molecule has 1 atom stereocenters. The van der Waals surface area contributed by atoms with Gasteiger partial charge < -0.3 is 15.2 Å². The van der Waals surface area contributed by atoms with Crippen LogP contribution in [0.25, 0.3) is 21.3 Å². The van der Waals surface area contributed by atoms with E-state index in [0.717, 1.165) is 38.0 Å². The highest BCUT2D eigenvalue weighted by molar-refractivity contribution is 7.18. The van der Waals surface area contributed by atoms with Crippen LogP contribution in [-0.2, 0) is 13.2 Å². The average Bonchev–Trinajstić information content (AvgIpc) is 3.30. The van der Waals surface area contributed by atoms with Crippen LogP contribution in [-0.4, -0.2) is 47.6 Å². The van der Waals surface area contributed by atoms with Crippen molar-refractivity contribution in [1.29, 1.82) is 0 Å². The van der Waals surface area contributed by atoms with Crippen molar-refractivity contribution in [2.45, 2.75) is 74.2 Å². The lowest BCUT2D eigenvalue weighted by molar-refractivity contribution is 0.257. The molecule has 40 heavy (non-hydrogen) atoms. The third kappa shape index (κ3) is 9.35. The van der Waals surface area contributed by atoms with Gasteiger partial charge in [-0.1, -0.05) is 39.0 Å². The number of hydrogen-bond donors (Lipinski definition) is 2. The highest BCUT2D eigenvalue weighted by Gasteiger charge is 2.18. The predicted octanol–water partition coefficient (Wildman–Crippen LogP) is 7.70. The molecule has 1 unspecified atom stereocenters. The van der Waals surface area contributed by atoms with E-state index < -0.39 is 18.6 Å². The fourth-order valence-electron chi connectivity index (χ4n) is 3.59. The zero-order valence-corrected chi connectivity index (χ0v) is 26.0. The first-order valence-corrected chi connectivity index (χ1v) is 14.4. The lowest BCUT2D eigenvalue weighted by atomic mass is 10.0. The van der Waals surface area contributed by atoms with E-state index in [1.54, 1.807) is 36.3 Å². The maximum Gasteiger partial charge on any atom is 0.171 e. The summed E-state index contributed by atoms with van der Waals surface area (Å²) in [6.45, 7) is 13.8. The molecule has 220 valence electrons. The van der Waals surface area contributed by atoms with E-state index in [-0.39, 0.29) is 17.9 Å². The Balaban J connectivity index is 0.00000131. The fraction of sp³-hybridized carbons (Fsp3) is 0.484. The van der Waals surface area contributed by atoms with Crippen molar-refractivity contribution in [2.24, 2.45) is 11.0 Å². The normalized spacial score (nSPS) is 13.2. The first-order valence-electron chi connectivity index (χ1n) is 13.6. The fourth-order valence-corrected chi connectivity index (χ4v) is 4.61. The second-order valence-electron chi connectivity index (χ2n) is 10.5. The van der Waals surface area contributed by atoms with Gasteiger partial charge >= 0.3 is 0 Å². The molecule has 0 radical (unpaired) electrons. The van der Waals surface area contributed by atoms with E-state index in [9.17, 15) is 9.50 Å². The van der Waals surface area contributed by atoms with Crippen LogP contribution in [0.5, 0.6) is 5.75 Å². The number of hydrogen-bond acceptors (Lipinski definition) is 7. The van der Waals surface area contributed by atoms with Crippen LogP contribution >= 0.6 is 11.3 Å². The predicted molar refractivity (Wildman–Crippen MR) is 164 cm³/mol. The Kier molecular flexibility index (Phi) is 13.2. The molecule has 0 saturated carbocycles. The minimum Gasteiger partial charge on any atom is -0.490 e. The number of alkyl halides is 1. The van der Waals surface area contributed by atoms with Gasteiger partial charge in [0, 0.05) is 36.8 Å². The van der Waals surface area contributed by atoms with Crippen molar-refractivity contribution in [3.05, 3.63) is 58.0 Å². The number of aliphatic hydroxyl groups is 1. The topological polar surface area (TPSA) is 70.0 Å². The minimum atomic E-state index is -0.910. The summed E-state index contributed by atoms with van der Waals surface area (Å²) >= 11 is 1.58. The maximum absolute atomic E-state index is 15.2. The second kappa shape index (κ2) is 15.8. The van der Waals surface area contributed by atoms with Crippen molar-refractivity contribution in [1.82, 2.24) is 15.3 Å². The van der Waals surface area contributed by atoms with Crippen molar-refractivity contribution in [3.8, 4) is 16.9 Å². The van der Waals surface area contributed by atoms with Crippen LogP contribution in [0.2, 0.25) is 0 Å². The molecule has 0 aliphatic heterocycles. The van der Waals surface area contributed by atoms with Crippen molar-refractivity contribution >= 4 is 27.3 Å². The minimum absolute atomic E-state index is 0.0324. The number of nitrogens with zero attached hydrogens (tertiary/aromatic N) is 3. The number of hydrazone groups is 1. The molecule has 6 nitrogen and oxygen atoms in total. The summed E-state index contributed by atoms with van der Waals surface area (Å²) in [7, 11) is 3.68. The number of ether oxygens (including phenoxy) is 1. The SMILES string of the molecule is CC(C)C.CNCc1nc2ccc(-c3ccc(CF)c(F)c3OCC/C(C)=C(\C)N(C)/N=C(\C)C(C)O)cc2s1. The number of fused-ring (bicyclic) bond motifs is 1. The summed E-state index contributed by atoms with van der Waals surface area (Å²) < 4.78 is 35.6. The smallest absolute Gasteiger partial charge is 0.171 e. The van der Waals surface area contributed by atoms with E-state index in [0.29, 0.717) is 24.2 Å². The maximum atomic E-state index is 15.2. The molecule has 1 aromatic heterocycles. The lowest BCUT2D eigenvalue weighted by Gasteiger charge is -2.19. The summed E-state index contributed by atoms with van der Waals surface area (Å²) in [6.07, 6.45) is -0.105. The Labute approximate surface area is 241 Å². The van der Waals surface area contributed by atoms with Gasteiger partial charge in [0.2, 0.25) is 0 Å². The van der Waals surface area contributed by atoms with Crippen molar-refractivity contribution in [3.63, 3.8) is 0 Å². The first-order chi connectivity index (χ1) is 18.9. The number of aliphatic hydroxyl groups excluding tert-OH is 1. The molecule has 2 aromatic carbocycles.